The molecule has 3 aliphatic rings. The number of nitrogens with zero attached hydrogens (tertiary/aromatic N) is 2. The Morgan fingerprint density at radius 1 is 1.21 bits per heavy atom. The largest absolute Gasteiger partial charge is 0.494 e. The van der Waals surface area contributed by atoms with Gasteiger partial charge in [-0.15, -0.1) is 0 Å². The molecular formula is C21H33N3O4S. The van der Waals surface area contributed by atoms with Crippen molar-refractivity contribution in [3.05, 3.63) is 24.3 Å². The lowest BCUT2D eigenvalue weighted by Crippen LogP contribution is -2.54. The van der Waals surface area contributed by atoms with E-state index in [1.807, 2.05) is 19.1 Å². The predicted octanol–water partition coefficient (Wildman–Crippen LogP) is 1.52. The first-order chi connectivity index (χ1) is 13.6. The van der Waals surface area contributed by atoms with E-state index < -0.39 is 15.6 Å². The van der Waals surface area contributed by atoms with Gasteiger partial charge in [-0.2, -0.15) is 0 Å². The Balaban J connectivity index is 1.81. The van der Waals surface area contributed by atoms with Crippen molar-refractivity contribution in [2.24, 2.45) is 17.1 Å². The minimum atomic E-state index is -3.46. The van der Waals surface area contributed by atoms with Crippen molar-refractivity contribution in [1.29, 1.82) is 0 Å². The second-order valence-corrected chi connectivity index (χ2v) is 11.0. The third-order valence-corrected chi connectivity index (χ3v) is 7.57. The van der Waals surface area contributed by atoms with Gasteiger partial charge in [-0.25, -0.2) is 8.42 Å². The molecule has 1 amide bonds. The fourth-order valence-electron chi connectivity index (χ4n) is 4.76. The molecule has 2 N–H and O–H groups in total. The number of nitrogens with two attached hydrogens (primary N) is 1. The van der Waals surface area contributed by atoms with Crippen molar-refractivity contribution in [2.45, 2.75) is 33.2 Å². The van der Waals surface area contributed by atoms with Crippen LogP contribution in [0.15, 0.2) is 24.3 Å². The topological polar surface area (TPSA) is 92.9 Å². The number of hydrogen-bond donors (Lipinski definition) is 1. The Bertz CT molecular complexity index is 823. The van der Waals surface area contributed by atoms with Gasteiger partial charge < -0.3 is 20.3 Å². The number of fused-ring (bicyclic) bond motifs is 4. The summed E-state index contributed by atoms with van der Waals surface area (Å²) in [6.07, 6.45) is 1.02. The minimum absolute atomic E-state index is 0.0205. The number of sulfone groups is 1. The van der Waals surface area contributed by atoms with Gasteiger partial charge in [0.15, 0.2) is 9.84 Å². The van der Waals surface area contributed by atoms with Crippen molar-refractivity contribution in [3.8, 4) is 5.75 Å². The van der Waals surface area contributed by atoms with Crippen LogP contribution in [0.5, 0.6) is 5.75 Å². The number of piperidine rings is 1. The average Bonchev–Trinajstić information content (AvgIpc) is 2.89. The van der Waals surface area contributed by atoms with Crippen LogP contribution in [0.2, 0.25) is 0 Å². The average molecular weight is 424 g/mol. The summed E-state index contributed by atoms with van der Waals surface area (Å²) in [5.74, 6) is 0.240. The molecule has 1 aromatic rings. The molecular weight excluding hydrogens is 390 g/mol. The zero-order chi connectivity index (χ0) is 21.2. The summed E-state index contributed by atoms with van der Waals surface area (Å²) in [5.41, 5.74) is 6.51. The van der Waals surface area contributed by atoms with Crippen LogP contribution in [0.1, 0.15) is 27.2 Å². The number of hydrogen-bond acceptors (Lipinski definition) is 6. The fourth-order valence-corrected chi connectivity index (χ4v) is 5.82. The number of rotatable bonds is 7. The number of benzene rings is 1. The number of ether oxygens (including phenoxy) is 1. The van der Waals surface area contributed by atoms with Gasteiger partial charge in [-0.05, 0) is 48.9 Å². The molecule has 3 saturated heterocycles. The lowest BCUT2D eigenvalue weighted by Gasteiger charge is -2.48. The number of carbonyl (C=O) groups is 1. The SMILES string of the molecule is CCOc1ccc(N2CC3CN(C(=O)CS(=O)(=O)CCN)C[C@@H]2C(C)(C)C3)cc1. The molecule has 0 aromatic heterocycles. The molecule has 3 fully saturated rings. The Morgan fingerprint density at radius 2 is 1.90 bits per heavy atom. The highest BCUT2D eigenvalue weighted by Crippen LogP contribution is 2.43. The fraction of sp³-hybridized carbons (Fsp3) is 0.667. The van der Waals surface area contributed by atoms with Gasteiger partial charge in [-0.1, -0.05) is 13.8 Å². The number of amides is 1. The van der Waals surface area contributed by atoms with E-state index in [0.717, 1.165) is 24.4 Å². The maximum Gasteiger partial charge on any atom is 0.237 e. The summed E-state index contributed by atoms with van der Waals surface area (Å²) in [4.78, 5) is 16.9. The maximum atomic E-state index is 12.8. The summed E-state index contributed by atoms with van der Waals surface area (Å²) < 4.78 is 29.7. The predicted molar refractivity (Wildman–Crippen MR) is 115 cm³/mol. The number of anilines is 1. The second kappa shape index (κ2) is 8.52. The normalized spacial score (nSPS) is 23.7. The third-order valence-electron chi connectivity index (χ3n) is 6.02. The van der Waals surface area contributed by atoms with Gasteiger partial charge in [0.1, 0.15) is 11.5 Å². The molecule has 0 radical (unpaired) electrons. The van der Waals surface area contributed by atoms with Gasteiger partial charge in [-0.3, -0.25) is 4.79 Å². The maximum absolute atomic E-state index is 12.8. The molecule has 0 spiro atoms. The molecule has 3 heterocycles. The van der Waals surface area contributed by atoms with Crippen LogP contribution in [0.3, 0.4) is 0 Å². The Labute approximate surface area is 174 Å². The highest BCUT2D eigenvalue weighted by molar-refractivity contribution is 7.92. The van der Waals surface area contributed by atoms with Gasteiger partial charge in [0.25, 0.3) is 0 Å². The van der Waals surface area contributed by atoms with Crippen molar-refractivity contribution in [1.82, 2.24) is 4.90 Å². The molecule has 3 aliphatic heterocycles. The molecule has 0 saturated carbocycles. The smallest absolute Gasteiger partial charge is 0.237 e. The van der Waals surface area contributed by atoms with Crippen LogP contribution in [0, 0.1) is 11.3 Å². The summed E-state index contributed by atoms with van der Waals surface area (Å²) in [6, 6.07) is 8.22. The lowest BCUT2D eigenvalue weighted by molar-refractivity contribution is -0.128. The first-order valence-corrected chi connectivity index (χ1v) is 12.1. The molecule has 8 heteroatoms. The van der Waals surface area contributed by atoms with Gasteiger partial charge >= 0.3 is 0 Å². The molecule has 2 bridgehead atoms. The van der Waals surface area contributed by atoms with Crippen LogP contribution in [0.4, 0.5) is 5.69 Å². The van der Waals surface area contributed by atoms with Crippen LogP contribution in [-0.2, 0) is 14.6 Å². The molecule has 1 unspecified atom stereocenters. The monoisotopic (exact) mass is 423 g/mol. The van der Waals surface area contributed by atoms with E-state index in [9.17, 15) is 13.2 Å². The minimum Gasteiger partial charge on any atom is -0.494 e. The standard InChI is InChI=1S/C21H33N3O4S/c1-4-28-18-7-5-17(6-8-18)24-13-16-11-21(2,3)19(24)14-23(12-16)20(25)15-29(26,27)10-9-22/h5-8,16,19H,4,9-15,22H2,1-3H3/t16?,19-/m1/s1. The summed E-state index contributed by atoms with van der Waals surface area (Å²) in [7, 11) is -3.46. The van der Waals surface area contributed by atoms with Crippen LogP contribution in [0.25, 0.3) is 0 Å². The van der Waals surface area contributed by atoms with Crippen molar-refractivity contribution in [2.75, 3.05) is 49.2 Å². The van der Waals surface area contributed by atoms with Crippen LogP contribution < -0.4 is 15.4 Å². The van der Waals surface area contributed by atoms with Crippen molar-refractivity contribution in [3.63, 3.8) is 0 Å². The summed E-state index contributed by atoms with van der Waals surface area (Å²) in [6.45, 7) is 9.11. The van der Waals surface area contributed by atoms with Crippen LogP contribution in [-0.4, -0.2) is 69.6 Å². The second-order valence-electron chi connectivity index (χ2n) is 8.83. The first-order valence-electron chi connectivity index (χ1n) is 10.3. The molecule has 4 rings (SSSR count). The van der Waals surface area contributed by atoms with Gasteiger partial charge in [0.05, 0.1) is 18.4 Å². The third kappa shape index (κ3) is 5.04. The zero-order valence-corrected chi connectivity index (χ0v) is 18.5. The Hall–Kier alpha value is -1.80. The lowest BCUT2D eigenvalue weighted by atomic mass is 9.73. The van der Waals surface area contributed by atoms with Crippen LogP contribution >= 0.6 is 0 Å². The van der Waals surface area contributed by atoms with E-state index in [-0.39, 0.29) is 29.7 Å². The van der Waals surface area contributed by atoms with E-state index in [1.54, 1.807) is 4.90 Å². The molecule has 1 aromatic carbocycles. The Morgan fingerprint density at radius 3 is 2.52 bits per heavy atom. The van der Waals surface area contributed by atoms with E-state index in [1.165, 1.54) is 0 Å². The van der Waals surface area contributed by atoms with E-state index in [2.05, 4.69) is 30.9 Å². The van der Waals surface area contributed by atoms with Crippen molar-refractivity contribution < 1.29 is 17.9 Å². The number of carbonyl (C=O) groups excluding carboxylic acids is 1. The van der Waals surface area contributed by atoms with E-state index >= 15 is 0 Å². The van der Waals surface area contributed by atoms with E-state index in [0.29, 0.717) is 25.6 Å². The summed E-state index contributed by atoms with van der Waals surface area (Å²) >= 11 is 0. The highest BCUT2D eigenvalue weighted by Gasteiger charge is 2.46. The van der Waals surface area contributed by atoms with Gasteiger partial charge in [0.2, 0.25) is 5.91 Å². The zero-order valence-electron chi connectivity index (χ0n) is 17.6. The molecule has 7 nitrogen and oxygen atoms in total. The van der Waals surface area contributed by atoms with E-state index in [4.69, 9.17) is 10.5 Å². The highest BCUT2D eigenvalue weighted by atomic mass is 32.2. The summed E-state index contributed by atoms with van der Waals surface area (Å²) in [5, 5.41) is 0. The Kier molecular flexibility index (Phi) is 6.43. The van der Waals surface area contributed by atoms with Gasteiger partial charge in [0, 0.05) is 31.9 Å². The van der Waals surface area contributed by atoms with Crippen molar-refractivity contribution >= 4 is 21.4 Å². The quantitative estimate of drug-likeness (QED) is 0.715. The molecule has 0 aliphatic carbocycles. The molecule has 162 valence electrons. The molecule has 29 heavy (non-hydrogen) atoms. The molecule has 2 atom stereocenters. The first kappa shape index (κ1) is 21.9.